The fourth-order valence-corrected chi connectivity index (χ4v) is 3.22. The van der Waals surface area contributed by atoms with Gasteiger partial charge >= 0.3 is 0 Å². The first-order valence-electron chi connectivity index (χ1n) is 7.14. The molecule has 2 N–H and O–H groups in total. The van der Waals surface area contributed by atoms with E-state index in [0.717, 1.165) is 45.5 Å². The van der Waals surface area contributed by atoms with E-state index < -0.39 is 0 Å². The fraction of sp³-hybridized carbons (Fsp3) is 1.00. The molecule has 1 spiro atoms. The molecule has 0 bridgehead atoms. The molecule has 0 radical (unpaired) electrons. The summed E-state index contributed by atoms with van der Waals surface area (Å²) in [5, 5.41) is 0. The lowest BCUT2D eigenvalue weighted by Gasteiger charge is -2.45. The summed E-state index contributed by atoms with van der Waals surface area (Å²) in [5.41, 5.74) is 6.50. The van der Waals surface area contributed by atoms with Crippen LogP contribution < -0.4 is 5.73 Å². The Morgan fingerprint density at radius 3 is 2.65 bits per heavy atom. The Morgan fingerprint density at radius 2 is 2.00 bits per heavy atom. The molecule has 2 aliphatic heterocycles. The van der Waals surface area contributed by atoms with Crippen LogP contribution in [0, 0.1) is 11.8 Å². The third-order valence-electron chi connectivity index (χ3n) is 4.78. The average Bonchev–Trinajstić information content (AvgIpc) is 2.38. The van der Waals surface area contributed by atoms with Gasteiger partial charge in [0, 0.05) is 25.9 Å². The fourth-order valence-electron chi connectivity index (χ4n) is 3.22. The Labute approximate surface area is 105 Å². The van der Waals surface area contributed by atoms with Gasteiger partial charge in [0.25, 0.3) is 0 Å². The zero-order valence-corrected chi connectivity index (χ0v) is 11.3. The predicted octanol–water partition coefficient (Wildman–Crippen LogP) is 2.34. The molecule has 0 aliphatic carbocycles. The standard InChI is InChI=1S/C14H27NO2/c1-3-11(2)13(15)12-4-7-17-14(10-12)5-8-16-9-6-14/h11-13H,3-10,15H2,1-2H3. The van der Waals surface area contributed by atoms with Crippen molar-refractivity contribution in [1.82, 2.24) is 0 Å². The van der Waals surface area contributed by atoms with E-state index in [9.17, 15) is 0 Å². The van der Waals surface area contributed by atoms with Crippen molar-refractivity contribution in [2.45, 2.75) is 57.6 Å². The van der Waals surface area contributed by atoms with Gasteiger partial charge in [-0.05, 0) is 37.5 Å². The number of rotatable bonds is 3. The lowest BCUT2D eigenvalue weighted by Crippen LogP contribution is -2.49. The summed E-state index contributed by atoms with van der Waals surface area (Å²) in [6, 6.07) is 0.337. The van der Waals surface area contributed by atoms with Crippen molar-refractivity contribution in [2.75, 3.05) is 19.8 Å². The molecule has 0 amide bonds. The minimum absolute atomic E-state index is 0.0895. The highest BCUT2D eigenvalue weighted by Gasteiger charge is 2.41. The third-order valence-corrected chi connectivity index (χ3v) is 4.78. The quantitative estimate of drug-likeness (QED) is 0.825. The molecule has 0 aromatic heterocycles. The van der Waals surface area contributed by atoms with Crippen LogP contribution in [-0.4, -0.2) is 31.5 Å². The average molecular weight is 241 g/mol. The largest absolute Gasteiger partial charge is 0.381 e. The summed E-state index contributed by atoms with van der Waals surface area (Å²) in [6.45, 7) is 7.09. The molecule has 3 nitrogen and oxygen atoms in total. The van der Waals surface area contributed by atoms with E-state index in [4.69, 9.17) is 15.2 Å². The normalized spacial score (nSPS) is 32.3. The Hall–Kier alpha value is -0.120. The highest BCUT2D eigenvalue weighted by Crippen LogP contribution is 2.39. The van der Waals surface area contributed by atoms with Gasteiger partial charge in [-0.1, -0.05) is 20.3 Å². The molecule has 0 aromatic carbocycles. The molecular weight excluding hydrogens is 214 g/mol. The molecule has 3 heteroatoms. The van der Waals surface area contributed by atoms with Crippen LogP contribution in [0.15, 0.2) is 0 Å². The van der Waals surface area contributed by atoms with Gasteiger partial charge in [0.2, 0.25) is 0 Å². The molecule has 2 heterocycles. The summed E-state index contributed by atoms with van der Waals surface area (Å²) in [7, 11) is 0. The molecule has 2 fully saturated rings. The molecular formula is C14H27NO2. The molecule has 100 valence electrons. The van der Waals surface area contributed by atoms with Crippen molar-refractivity contribution in [3.63, 3.8) is 0 Å². The van der Waals surface area contributed by atoms with E-state index in [1.165, 1.54) is 6.42 Å². The summed E-state index contributed by atoms with van der Waals surface area (Å²) >= 11 is 0. The van der Waals surface area contributed by atoms with E-state index in [-0.39, 0.29) is 5.60 Å². The molecule has 2 saturated heterocycles. The highest BCUT2D eigenvalue weighted by molar-refractivity contribution is 4.92. The van der Waals surface area contributed by atoms with Crippen LogP contribution in [0.4, 0.5) is 0 Å². The predicted molar refractivity (Wildman–Crippen MR) is 68.9 cm³/mol. The van der Waals surface area contributed by atoms with E-state index >= 15 is 0 Å². The molecule has 2 aliphatic rings. The van der Waals surface area contributed by atoms with Gasteiger partial charge in [0.05, 0.1) is 5.60 Å². The minimum atomic E-state index is 0.0895. The van der Waals surface area contributed by atoms with Crippen LogP contribution in [-0.2, 0) is 9.47 Å². The van der Waals surface area contributed by atoms with Gasteiger partial charge < -0.3 is 15.2 Å². The Bertz CT molecular complexity index is 233. The molecule has 3 unspecified atom stereocenters. The van der Waals surface area contributed by atoms with Crippen molar-refractivity contribution in [1.29, 1.82) is 0 Å². The minimum Gasteiger partial charge on any atom is -0.381 e. The topological polar surface area (TPSA) is 44.5 Å². The smallest absolute Gasteiger partial charge is 0.0729 e. The van der Waals surface area contributed by atoms with Gasteiger partial charge in [0.1, 0.15) is 0 Å². The number of nitrogens with two attached hydrogens (primary N) is 1. The van der Waals surface area contributed by atoms with Crippen LogP contribution in [0.2, 0.25) is 0 Å². The lowest BCUT2D eigenvalue weighted by molar-refractivity contribution is -0.150. The summed E-state index contributed by atoms with van der Waals surface area (Å²) < 4.78 is 11.5. The number of hydrogen-bond acceptors (Lipinski definition) is 3. The maximum absolute atomic E-state index is 6.41. The Morgan fingerprint density at radius 1 is 1.29 bits per heavy atom. The van der Waals surface area contributed by atoms with Crippen molar-refractivity contribution in [3.8, 4) is 0 Å². The van der Waals surface area contributed by atoms with Gasteiger partial charge in [-0.15, -0.1) is 0 Å². The van der Waals surface area contributed by atoms with Gasteiger partial charge in [-0.3, -0.25) is 0 Å². The highest BCUT2D eigenvalue weighted by atomic mass is 16.5. The SMILES string of the molecule is CCC(C)C(N)C1CCOC2(CCOCC2)C1. The monoisotopic (exact) mass is 241 g/mol. The second kappa shape index (κ2) is 5.68. The first-order valence-corrected chi connectivity index (χ1v) is 7.14. The van der Waals surface area contributed by atoms with Crippen LogP contribution >= 0.6 is 0 Å². The van der Waals surface area contributed by atoms with Gasteiger partial charge in [0.15, 0.2) is 0 Å². The van der Waals surface area contributed by atoms with Crippen molar-refractivity contribution in [3.05, 3.63) is 0 Å². The third kappa shape index (κ3) is 3.01. The number of ether oxygens (including phenoxy) is 2. The van der Waals surface area contributed by atoms with E-state index in [1.807, 2.05) is 0 Å². The second-order valence-corrected chi connectivity index (χ2v) is 5.86. The number of hydrogen-bond donors (Lipinski definition) is 1. The molecule has 0 saturated carbocycles. The first-order chi connectivity index (χ1) is 8.17. The molecule has 3 atom stereocenters. The molecule has 2 rings (SSSR count). The van der Waals surface area contributed by atoms with Gasteiger partial charge in [-0.2, -0.15) is 0 Å². The Balaban J connectivity index is 1.96. The van der Waals surface area contributed by atoms with E-state index in [1.54, 1.807) is 0 Å². The summed E-state index contributed by atoms with van der Waals surface area (Å²) in [5.74, 6) is 1.26. The molecule has 0 aromatic rings. The maximum Gasteiger partial charge on any atom is 0.0729 e. The van der Waals surface area contributed by atoms with Crippen LogP contribution in [0.3, 0.4) is 0 Å². The zero-order chi connectivity index (χ0) is 12.3. The lowest BCUT2D eigenvalue weighted by atomic mass is 9.75. The Kier molecular flexibility index (Phi) is 4.45. The van der Waals surface area contributed by atoms with Crippen LogP contribution in [0.25, 0.3) is 0 Å². The summed E-state index contributed by atoms with van der Waals surface area (Å²) in [6.07, 6.45) is 5.55. The first kappa shape index (κ1) is 13.3. The van der Waals surface area contributed by atoms with Crippen LogP contribution in [0.1, 0.15) is 46.0 Å². The zero-order valence-electron chi connectivity index (χ0n) is 11.3. The maximum atomic E-state index is 6.41. The van der Waals surface area contributed by atoms with Crippen molar-refractivity contribution in [2.24, 2.45) is 17.6 Å². The van der Waals surface area contributed by atoms with Gasteiger partial charge in [-0.25, -0.2) is 0 Å². The van der Waals surface area contributed by atoms with Crippen molar-refractivity contribution < 1.29 is 9.47 Å². The molecule has 17 heavy (non-hydrogen) atoms. The second-order valence-electron chi connectivity index (χ2n) is 5.86. The summed E-state index contributed by atoms with van der Waals surface area (Å²) in [4.78, 5) is 0. The van der Waals surface area contributed by atoms with E-state index in [2.05, 4.69) is 13.8 Å². The van der Waals surface area contributed by atoms with E-state index in [0.29, 0.717) is 17.9 Å². The van der Waals surface area contributed by atoms with Crippen molar-refractivity contribution >= 4 is 0 Å². The van der Waals surface area contributed by atoms with Crippen LogP contribution in [0.5, 0.6) is 0 Å².